The molecule has 6 heteroatoms. The van der Waals surface area contributed by atoms with Crippen molar-refractivity contribution in [3.63, 3.8) is 0 Å². The van der Waals surface area contributed by atoms with Gasteiger partial charge in [-0.1, -0.05) is 12.1 Å². The van der Waals surface area contributed by atoms with Crippen LogP contribution in [0.1, 0.15) is 26.3 Å². The van der Waals surface area contributed by atoms with Gasteiger partial charge in [0.25, 0.3) is 0 Å². The third kappa shape index (κ3) is 3.95. The number of carbonyl (C=O) groups is 2. The van der Waals surface area contributed by atoms with Crippen molar-refractivity contribution < 1.29 is 29.3 Å². The Balaban J connectivity index is 3.22. The van der Waals surface area contributed by atoms with E-state index in [1.807, 2.05) is 0 Å². The summed E-state index contributed by atoms with van der Waals surface area (Å²) < 4.78 is 9.69. The Bertz CT molecular complexity index is 491. The van der Waals surface area contributed by atoms with E-state index in [2.05, 4.69) is 0 Å². The van der Waals surface area contributed by atoms with Crippen LogP contribution in [0.15, 0.2) is 24.3 Å². The fraction of sp³-hybridized carbons (Fsp3) is 0.467. The van der Waals surface area contributed by atoms with Crippen molar-refractivity contribution in [1.82, 2.24) is 0 Å². The number of benzene rings is 1. The van der Waals surface area contributed by atoms with Crippen molar-refractivity contribution in [2.75, 3.05) is 13.2 Å². The molecule has 21 heavy (non-hydrogen) atoms. The largest absolute Gasteiger partial charge is 0.508 e. The fourth-order valence-electron chi connectivity index (χ4n) is 1.99. The van der Waals surface area contributed by atoms with Gasteiger partial charge in [0.05, 0.1) is 13.2 Å². The quantitative estimate of drug-likeness (QED) is 0.608. The number of carbonyl (C=O) groups excluding carboxylic acids is 2. The van der Waals surface area contributed by atoms with Crippen molar-refractivity contribution >= 4 is 11.9 Å². The minimum atomic E-state index is -1.86. The van der Waals surface area contributed by atoms with Crippen molar-refractivity contribution in [2.24, 2.45) is 5.92 Å². The zero-order valence-electron chi connectivity index (χ0n) is 12.3. The monoisotopic (exact) mass is 296 g/mol. The maximum Gasteiger partial charge on any atom is 0.323 e. The molecule has 1 aromatic carbocycles. The van der Waals surface area contributed by atoms with Gasteiger partial charge in [0.15, 0.2) is 5.92 Å². The lowest BCUT2D eigenvalue weighted by atomic mass is 9.82. The minimum absolute atomic E-state index is 0.0743. The smallest absolute Gasteiger partial charge is 0.323 e. The van der Waals surface area contributed by atoms with Crippen LogP contribution in [0.2, 0.25) is 0 Å². The standard InChI is InChI=1S/C15H20O6/c1-4-20-13(17)12(14(18)21-5-2)15(3,19)10-7-6-8-11(16)9-10/h6-9,12,16,19H,4-5H2,1-3H3. The predicted molar refractivity (Wildman–Crippen MR) is 74.4 cm³/mol. The van der Waals surface area contributed by atoms with Gasteiger partial charge in [-0.25, -0.2) is 0 Å². The molecule has 1 aromatic rings. The van der Waals surface area contributed by atoms with Crippen molar-refractivity contribution in [3.8, 4) is 5.75 Å². The molecule has 0 aliphatic heterocycles. The maximum absolute atomic E-state index is 12.0. The van der Waals surface area contributed by atoms with Gasteiger partial charge in [0, 0.05) is 0 Å². The highest BCUT2D eigenvalue weighted by Gasteiger charge is 2.46. The van der Waals surface area contributed by atoms with Gasteiger partial charge in [-0.15, -0.1) is 0 Å². The highest BCUT2D eigenvalue weighted by atomic mass is 16.6. The average molecular weight is 296 g/mol. The lowest BCUT2D eigenvalue weighted by molar-refractivity contribution is -0.174. The number of esters is 2. The number of hydrogen-bond acceptors (Lipinski definition) is 6. The first-order valence-corrected chi connectivity index (χ1v) is 6.69. The third-order valence-corrected chi connectivity index (χ3v) is 3.04. The Morgan fingerprint density at radius 3 is 2.14 bits per heavy atom. The van der Waals surface area contributed by atoms with E-state index in [0.29, 0.717) is 0 Å². The lowest BCUT2D eigenvalue weighted by Gasteiger charge is -2.30. The van der Waals surface area contributed by atoms with Crippen LogP contribution in [0.5, 0.6) is 5.75 Å². The van der Waals surface area contributed by atoms with E-state index < -0.39 is 23.5 Å². The maximum atomic E-state index is 12.0. The summed E-state index contributed by atoms with van der Waals surface area (Å²) >= 11 is 0. The Morgan fingerprint density at radius 2 is 1.71 bits per heavy atom. The summed E-state index contributed by atoms with van der Waals surface area (Å²) in [4.78, 5) is 24.0. The molecule has 0 aromatic heterocycles. The average Bonchev–Trinajstić information content (AvgIpc) is 2.39. The van der Waals surface area contributed by atoms with Crippen LogP contribution in [-0.4, -0.2) is 35.4 Å². The fourth-order valence-corrected chi connectivity index (χ4v) is 1.99. The van der Waals surface area contributed by atoms with Crippen LogP contribution < -0.4 is 0 Å². The third-order valence-electron chi connectivity index (χ3n) is 3.04. The number of aliphatic hydroxyl groups is 1. The van der Waals surface area contributed by atoms with E-state index in [0.717, 1.165) is 0 Å². The predicted octanol–water partition coefficient (Wildman–Crippen LogP) is 1.34. The van der Waals surface area contributed by atoms with E-state index >= 15 is 0 Å². The van der Waals surface area contributed by atoms with Crippen molar-refractivity contribution in [2.45, 2.75) is 26.4 Å². The second-order valence-corrected chi connectivity index (χ2v) is 4.63. The molecule has 1 unspecified atom stereocenters. The van der Waals surface area contributed by atoms with Crippen LogP contribution in [0.3, 0.4) is 0 Å². The molecular formula is C15H20O6. The number of ether oxygens (including phenoxy) is 2. The SMILES string of the molecule is CCOC(=O)C(C(=O)OCC)C(C)(O)c1cccc(O)c1. The van der Waals surface area contributed by atoms with Gasteiger partial charge in [0.1, 0.15) is 11.4 Å². The first-order valence-electron chi connectivity index (χ1n) is 6.69. The van der Waals surface area contributed by atoms with Gasteiger partial charge in [0.2, 0.25) is 0 Å². The molecule has 6 nitrogen and oxygen atoms in total. The first-order chi connectivity index (χ1) is 9.84. The second kappa shape index (κ2) is 7.08. The number of phenols is 1. The zero-order chi connectivity index (χ0) is 16.0. The Kier molecular flexibility index (Phi) is 5.72. The summed E-state index contributed by atoms with van der Waals surface area (Å²) in [5, 5.41) is 20.1. The zero-order valence-corrected chi connectivity index (χ0v) is 12.3. The van der Waals surface area contributed by atoms with Crippen molar-refractivity contribution in [1.29, 1.82) is 0 Å². The number of aromatic hydroxyl groups is 1. The number of phenolic OH excluding ortho intramolecular Hbond substituents is 1. The summed E-state index contributed by atoms with van der Waals surface area (Å²) in [7, 11) is 0. The van der Waals surface area contributed by atoms with Gasteiger partial charge in [-0.3, -0.25) is 9.59 Å². The summed E-state index contributed by atoms with van der Waals surface area (Å²) in [5.41, 5.74) is -1.65. The minimum Gasteiger partial charge on any atom is -0.508 e. The van der Waals surface area contributed by atoms with E-state index in [9.17, 15) is 19.8 Å². The highest BCUT2D eigenvalue weighted by molar-refractivity contribution is 5.96. The molecule has 0 bridgehead atoms. The Hall–Kier alpha value is -2.08. The van der Waals surface area contributed by atoms with E-state index in [-0.39, 0.29) is 24.5 Å². The molecule has 116 valence electrons. The van der Waals surface area contributed by atoms with Gasteiger partial charge in [-0.05, 0) is 38.5 Å². The molecule has 0 saturated carbocycles. The van der Waals surface area contributed by atoms with E-state index in [1.54, 1.807) is 13.8 Å². The second-order valence-electron chi connectivity index (χ2n) is 4.63. The molecule has 2 N–H and O–H groups in total. The van der Waals surface area contributed by atoms with Crippen LogP contribution in [0.4, 0.5) is 0 Å². The van der Waals surface area contributed by atoms with Crippen LogP contribution in [-0.2, 0) is 24.7 Å². The summed E-state index contributed by atoms with van der Waals surface area (Å²) in [6.45, 7) is 4.66. The van der Waals surface area contributed by atoms with Crippen LogP contribution in [0.25, 0.3) is 0 Å². The van der Waals surface area contributed by atoms with Gasteiger partial charge < -0.3 is 19.7 Å². The molecule has 0 spiro atoms. The normalized spacial score (nSPS) is 13.6. The molecule has 0 heterocycles. The molecule has 0 aliphatic rings. The molecule has 0 aliphatic carbocycles. The Morgan fingerprint density at radius 1 is 1.19 bits per heavy atom. The van der Waals surface area contributed by atoms with E-state index in [1.165, 1.54) is 31.2 Å². The number of hydrogen-bond donors (Lipinski definition) is 2. The first kappa shape index (κ1) is 17.0. The van der Waals surface area contributed by atoms with Gasteiger partial charge >= 0.3 is 11.9 Å². The molecule has 0 fully saturated rings. The molecule has 1 rings (SSSR count). The molecule has 0 saturated heterocycles. The Labute approximate surface area is 123 Å². The summed E-state index contributed by atoms with van der Waals surface area (Å²) in [6, 6.07) is 5.71. The lowest BCUT2D eigenvalue weighted by Crippen LogP contribution is -2.44. The summed E-state index contributed by atoms with van der Waals surface area (Å²) in [5.74, 6) is -3.35. The van der Waals surface area contributed by atoms with Gasteiger partial charge in [-0.2, -0.15) is 0 Å². The van der Waals surface area contributed by atoms with Crippen molar-refractivity contribution in [3.05, 3.63) is 29.8 Å². The summed E-state index contributed by atoms with van der Waals surface area (Å²) in [6.07, 6.45) is 0. The molecule has 0 amide bonds. The topological polar surface area (TPSA) is 93.1 Å². The molecule has 0 radical (unpaired) electrons. The highest BCUT2D eigenvalue weighted by Crippen LogP contribution is 2.33. The molecule has 1 atom stereocenters. The number of rotatable bonds is 6. The van der Waals surface area contributed by atoms with Crippen LogP contribution >= 0.6 is 0 Å². The molecular weight excluding hydrogens is 276 g/mol. The van der Waals surface area contributed by atoms with E-state index in [4.69, 9.17) is 9.47 Å². The van der Waals surface area contributed by atoms with Crippen LogP contribution in [0, 0.1) is 5.92 Å².